The first kappa shape index (κ1) is 4.13. The molecule has 0 aromatic heterocycles. The highest BCUT2D eigenvalue weighted by Gasteiger charge is 2.35. The maximum absolute atomic E-state index is 10.6. The summed E-state index contributed by atoms with van der Waals surface area (Å²) in [6.45, 7) is 0. The minimum absolute atomic E-state index is 0. The van der Waals surface area contributed by atoms with Crippen LogP contribution in [-0.4, -0.2) is 16.8 Å². The molecule has 0 aromatic carbocycles. The Labute approximate surface area is 49.3 Å². The van der Waals surface area contributed by atoms with Crippen molar-refractivity contribution in [2.75, 3.05) is 0 Å². The average Bonchev–Trinajstić information content (AvgIpc) is 2.09. The number of hydrogen-bond acceptors (Lipinski definition) is 1. The van der Waals surface area contributed by atoms with Crippen molar-refractivity contribution in [3.05, 3.63) is 12.3 Å². The summed E-state index contributed by atoms with van der Waals surface area (Å²) in [6.07, 6.45) is 5.78. The molecule has 2 aliphatic rings. The summed E-state index contributed by atoms with van der Waals surface area (Å²) in [6, 6.07) is 0.544. The first-order valence-corrected chi connectivity index (χ1v) is 2.86. The Morgan fingerprint density at radius 2 is 2.75 bits per heavy atom. The van der Waals surface area contributed by atoms with Crippen LogP contribution in [0.5, 0.6) is 0 Å². The van der Waals surface area contributed by atoms with Crippen LogP contribution in [0.25, 0.3) is 0 Å². The Kier molecular flexibility index (Phi) is 0.583. The van der Waals surface area contributed by atoms with Crippen LogP contribution in [0, 0.1) is 0 Å². The molecule has 1 fully saturated rings. The Morgan fingerprint density at radius 3 is 3.25 bits per heavy atom. The van der Waals surface area contributed by atoms with E-state index >= 15 is 0 Å². The van der Waals surface area contributed by atoms with Crippen LogP contribution in [0.3, 0.4) is 0 Å². The van der Waals surface area contributed by atoms with Gasteiger partial charge in [0.05, 0.1) is 0 Å². The predicted octanol–water partition coefficient (Wildman–Crippen LogP) is 0.617. The number of carbonyl (C=O) groups is 1. The largest absolute Gasteiger partial charge is 1.00 e. The molecule has 1 unspecified atom stereocenters. The van der Waals surface area contributed by atoms with Crippen molar-refractivity contribution in [3.63, 3.8) is 0 Å². The molecule has 0 radical (unpaired) electrons. The lowest BCUT2D eigenvalue weighted by Gasteiger charge is -2.32. The number of carbonyl (C=O) groups excluding carboxylic acids is 1. The Bertz CT molecular complexity index is 166. The van der Waals surface area contributed by atoms with Crippen LogP contribution >= 0.6 is 0 Å². The van der Waals surface area contributed by atoms with E-state index in [1.165, 1.54) is 0 Å². The Balaban J connectivity index is 0.000000405. The minimum Gasteiger partial charge on any atom is -0.315 e. The van der Waals surface area contributed by atoms with Gasteiger partial charge < -0.3 is 4.90 Å². The first-order valence-electron chi connectivity index (χ1n) is 2.86. The number of fused-ring (bicyclic) bond motifs is 1. The van der Waals surface area contributed by atoms with Crippen LogP contribution in [0.1, 0.15) is 14.3 Å². The van der Waals surface area contributed by atoms with Crippen molar-refractivity contribution in [1.82, 2.24) is 4.90 Å². The van der Waals surface area contributed by atoms with E-state index in [4.69, 9.17) is 0 Å². The number of β-lactam (4-membered cyclic amide) rings is 1. The highest BCUT2D eigenvalue weighted by atomic mass is 16.2. The number of hydrogen-bond donors (Lipinski definition) is 0. The van der Waals surface area contributed by atoms with Gasteiger partial charge in [-0.1, -0.05) is 6.08 Å². The van der Waals surface area contributed by atoms with E-state index in [1.54, 1.807) is 4.90 Å². The van der Waals surface area contributed by atoms with Crippen molar-refractivity contribution >= 4 is 5.91 Å². The number of rotatable bonds is 0. The fraction of sp³-hybridized carbons (Fsp3) is 0.500. The summed E-state index contributed by atoms with van der Waals surface area (Å²) in [5.41, 5.74) is 0. The van der Waals surface area contributed by atoms with Gasteiger partial charge in [0.1, 0.15) is 0 Å². The van der Waals surface area contributed by atoms with E-state index in [9.17, 15) is 4.79 Å². The summed E-state index contributed by atoms with van der Waals surface area (Å²) >= 11 is 0. The van der Waals surface area contributed by atoms with Crippen molar-refractivity contribution < 1.29 is 6.22 Å². The Morgan fingerprint density at radius 1 is 1.88 bits per heavy atom. The van der Waals surface area contributed by atoms with Gasteiger partial charge in [0.15, 0.2) is 0 Å². The van der Waals surface area contributed by atoms with E-state index in [0.29, 0.717) is 6.04 Å². The zero-order valence-corrected chi connectivity index (χ0v) is 4.50. The van der Waals surface area contributed by atoms with Gasteiger partial charge in [-0.25, -0.2) is 0 Å². The highest BCUT2D eigenvalue weighted by Crippen LogP contribution is 2.27. The van der Waals surface area contributed by atoms with Gasteiger partial charge in [-0.2, -0.15) is 0 Å². The molecule has 0 bridgehead atoms. The minimum atomic E-state index is 0. The lowest BCUT2D eigenvalue weighted by Crippen LogP contribution is -2.45. The van der Waals surface area contributed by atoms with E-state index in [-0.39, 0.29) is 7.33 Å². The van der Waals surface area contributed by atoms with Gasteiger partial charge in [0.2, 0.25) is 5.91 Å². The summed E-state index contributed by atoms with van der Waals surface area (Å²) in [7, 11) is 0. The zero-order chi connectivity index (χ0) is 5.56. The molecule has 0 N–H and O–H groups in total. The van der Waals surface area contributed by atoms with Crippen molar-refractivity contribution in [3.8, 4) is 0 Å². The molecule has 8 heavy (non-hydrogen) atoms. The van der Waals surface area contributed by atoms with E-state index in [1.807, 2.05) is 6.20 Å². The van der Waals surface area contributed by atoms with E-state index in [2.05, 4.69) is 6.08 Å². The SMILES string of the molecule is O=C1CC2CC=CN12.[H+]. The molecule has 42 valence electrons. The van der Waals surface area contributed by atoms with Crippen molar-refractivity contribution in [2.24, 2.45) is 0 Å². The second-order valence-electron chi connectivity index (χ2n) is 2.28. The van der Waals surface area contributed by atoms with E-state index in [0.717, 1.165) is 12.8 Å². The van der Waals surface area contributed by atoms with Gasteiger partial charge in [0.25, 0.3) is 0 Å². The van der Waals surface area contributed by atoms with Crippen molar-refractivity contribution in [1.29, 1.82) is 0 Å². The first-order chi connectivity index (χ1) is 3.88. The van der Waals surface area contributed by atoms with Gasteiger partial charge >= 0.3 is 1.43 Å². The molecule has 0 aliphatic carbocycles. The molecular formula is C6H8NO+. The molecule has 2 heteroatoms. The molecular weight excluding hydrogens is 102 g/mol. The van der Waals surface area contributed by atoms with Crippen LogP contribution < -0.4 is 0 Å². The molecule has 1 atom stereocenters. The summed E-state index contributed by atoms with van der Waals surface area (Å²) in [5, 5.41) is 0. The lowest BCUT2D eigenvalue weighted by molar-refractivity contribution is -0.140. The third kappa shape index (κ3) is 0.312. The molecule has 1 amide bonds. The molecule has 0 spiro atoms. The standard InChI is InChI=1S/C6H7NO/c8-6-4-5-2-1-3-7(5)6/h1,3,5H,2,4H2/p+1. The van der Waals surface area contributed by atoms with E-state index < -0.39 is 0 Å². The quantitative estimate of drug-likeness (QED) is 0.418. The molecule has 2 nitrogen and oxygen atoms in total. The fourth-order valence-corrected chi connectivity index (χ4v) is 1.23. The topological polar surface area (TPSA) is 20.3 Å². The van der Waals surface area contributed by atoms with Crippen LogP contribution in [0.15, 0.2) is 12.3 Å². The number of amides is 1. The summed E-state index contributed by atoms with van der Waals surface area (Å²) < 4.78 is 0. The fourth-order valence-electron chi connectivity index (χ4n) is 1.23. The maximum atomic E-state index is 10.6. The summed E-state index contributed by atoms with van der Waals surface area (Å²) in [4.78, 5) is 12.4. The second-order valence-corrected chi connectivity index (χ2v) is 2.28. The average molecular weight is 110 g/mol. The van der Waals surface area contributed by atoms with Crippen LogP contribution in [0.4, 0.5) is 0 Å². The van der Waals surface area contributed by atoms with Gasteiger partial charge in [-0.3, -0.25) is 4.79 Å². The molecule has 1 saturated heterocycles. The van der Waals surface area contributed by atoms with Gasteiger partial charge in [0, 0.05) is 18.7 Å². The summed E-state index contributed by atoms with van der Waals surface area (Å²) in [5.74, 6) is 0.281. The third-order valence-corrected chi connectivity index (χ3v) is 1.77. The predicted molar refractivity (Wildman–Crippen MR) is 30.1 cm³/mol. The molecule has 2 heterocycles. The Hall–Kier alpha value is -0.790. The lowest BCUT2D eigenvalue weighted by atomic mass is 10.0. The van der Waals surface area contributed by atoms with Crippen LogP contribution in [-0.2, 0) is 4.79 Å². The third-order valence-electron chi connectivity index (χ3n) is 1.77. The highest BCUT2D eigenvalue weighted by molar-refractivity contribution is 5.84. The van der Waals surface area contributed by atoms with Gasteiger partial charge in [-0.05, 0) is 6.42 Å². The van der Waals surface area contributed by atoms with Crippen LogP contribution in [0.2, 0.25) is 0 Å². The smallest absolute Gasteiger partial charge is 0.315 e. The zero-order valence-electron chi connectivity index (χ0n) is 5.50. The monoisotopic (exact) mass is 110 g/mol. The maximum Gasteiger partial charge on any atom is 1.00 e. The second kappa shape index (κ2) is 1.13. The van der Waals surface area contributed by atoms with Gasteiger partial charge in [-0.15, -0.1) is 0 Å². The molecule has 0 aromatic rings. The normalized spacial score (nSPS) is 32.8. The van der Waals surface area contributed by atoms with Crippen molar-refractivity contribution in [2.45, 2.75) is 18.9 Å². The molecule has 2 aliphatic heterocycles. The molecule has 0 saturated carbocycles. The molecule has 2 rings (SSSR count). The number of nitrogens with zero attached hydrogens (tertiary/aromatic N) is 1.